The Morgan fingerprint density at radius 3 is 2.71 bits per heavy atom. The summed E-state index contributed by atoms with van der Waals surface area (Å²) < 4.78 is 0. The molecule has 0 radical (unpaired) electrons. The summed E-state index contributed by atoms with van der Waals surface area (Å²) in [6.07, 6.45) is 4.05. The van der Waals surface area contributed by atoms with Crippen molar-refractivity contribution in [2.24, 2.45) is 5.92 Å². The van der Waals surface area contributed by atoms with E-state index in [1.807, 2.05) is 32.0 Å². The van der Waals surface area contributed by atoms with Crippen molar-refractivity contribution in [1.82, 2.24) is 9.97 Å². The molecule has 1 aromatic heterocycles. The van der Waals surface area contributed by atoms with Crippen molar-refractivity contribution in [2.45, 2.75) is 33.6 Å². The standard InChI is InChI=1S/C19H24N4O/c1-13-6-5-11-23(12-13)19-20-10-9-16(21-19)18(24)22-17-14(2)7-4-8-15(17)3/h4,7-10,13H,5-6,11-12H2,1-3H3,(H,22,24). The van der Waals surface area contributed by atoms with Crippen molar-refractivity contribution in [3.8, 4) is 0 Å². The van der Waals surface area contributed by atoms with Gasteiger partial charge >= 0.3 is 0 Å². The van der Waals surface area contributed by atoms with Crippen molar-refractivity contribution in [2.75, 3.05) is 23.3 Å². The molecule has 1 aliphatic heterocycles. The molecular weight excluding hydrogens is 300 g/mol. The average molecular weight is 324 g/mol. The number of piperidine rings is 1. The van der Waals surface area contributed by atoms with E-state index >= 15 is 0 Å². The van der Waals surface area contributed by atoms with E-state index in [2.05, 4.69) is 27.1 Å². The van der Waals surface area contributed by atoms with Crippen LogP contribution in [0.1, 0.15) is 41.4 Å². The summed E-state index contributed by atoms with van der Waals surface area (Å²) in [6.45, 7) is 8.12. The van der Waals surface area contributed by atoms with Crippen LogP contribution in [0.5, 0.6) is 0 Å². The van der Waals surface area contributed by atoms with Crippen molar-refractivity contribution in [3.05, 3.63) is 47.3 Å². The van der Waals surface area contributed by atoms with Crippen LogP contribution >= 0.6 is 0 Å². The summed E-state index contributed by atoms with van der Waals surface area (Å²) in [5.74, 6) is 1.09. The molecular formula is C19H24N4O. The topological polar surface area (TPSA) is 58.1 Å². The first-order valence-electron chi connectivity index (χ1n) is 8.50. The van der Waals surface area contributed by atoms with Crippen LogP contribution in [-0.4, -0.2) is 29.0 Å². The number of benzene rings is 1. The molecule has 5 nitrogen and oxygen atoms in total. The molecule has 2 aromatic rings. The Morgan fingerprint density at radius 1 is 1.25 bits per heavy atom. The number of amides is 1. The predicted octanol–water partition coefficient (Wildman–Crippen LogP) is 3.58. The quantitative estimate of drug-likeness (QED) is 0.937. The number of para-hydroxylation sites is 1. The highest BCUT2D eigenvalue weighted by Gasteiger charge is 2.20. The van der Waals surface area contributed by atoms with Gasteiger partial charge in [-0.3, -0.25) is 4.79 Å². The van der Waals surface area contributed by atoms with Crippen LogP contribution in [0.15, 0.2) is 30.5 Å². The fourth-order valence-corrected chi connectivity index (χ4v) is 3.19. The van der Waals surface area contributed by atoms with Crippen LogP contribution in [0.2, 0.25) is 0 Å². The molecule has 126 valence electrons. The van der Waals surface area contributed by atoms with Crippen LogP contribution in [0.25, 0.3) is 0 Å². The highest BCUT2D eigenvalue weighted by molar-refractivity contribution is 6.03. The number of aromatic nitrogens is 2. The number of hydrogen-bond donors (Lipinski definition) is 1. The van der Waals surface area contributed by atoms with Gasteiger partial charge in [-0.2, -0.15) is 0 Å². The molecule has 24 heavy (non-hydrogen) atoms. The van der Waals surface area contributed by atoms with Gasteiger partial charge in [-0.25, -0.2) is 9.97 Å². The van der Waals surface area contributed by atoms with Gasteiger partial charge in [0.15, 0.2) is 0 Å². The minimum atomic E-state index is -0.193. The lowest BCUT2D eigenvalue weighted by Gasteiger charge is -2.30. The summed E-state index contributed by atoms with van der Waals surface area (Å²) in [4.78, 5) is 23.6. The fourth-order valence-electron chi connectivity index (χ4n) is 3.19. The first kappa shape index (κ1) is 16.4. The maximum Gasteiger partial charge on any atom is 0.274 e. The Kier molecular flexibility index (Phi) is 4.79. The molecule has 1 N–H and O–H groups in total. The summed E-state index contributed by atoms with van der Waals surface area (Å²) in [5.41, 5.74) is 3.35. The largest absolute Gasteiger partial charge is 0.341 e. The van der Waals surface area contributed by atoms with Gasteiger partial charge in [0.25, 0.3) is 5.91 Å². The Hall–Kier alpha value is -2.43. The number of aryl methyl sites for hydroxylation is 2. The molecule has 1 atom stereocenters. The fraction of sp³-hybridized carbons (Fsp3) is 0.421. The molecule has 5 heteroatoms. The van der Waals surface area contributed by atoms with Gasteiger partial charge in [0.2, 0.25) is 5.95 Å². The number of hydrogen-bond acceptors (Lipinski definition) is 4. The number of rotatable bonds is 3. The number of nitrogens with zero attached hydrogens (tertiary/aromatic N) is 3. The van der Waals surface area contributed by atoms with Crippen LogP contribution in [0, 0.1) is 19.8 Å². The SMILES string of the molecule is Cc1cccc(C)c1NC(=O)c1ccnc(N2CCCC(C)C2)n1. The zero-order valence-electron chi connectivity index (χ0n) is 14.5. The van der Waals surface area contributed by atoms with Gasteiger partial charge in [0, 0.05) is 25.0 Å². The summed E-state index contributed by atoms with van der Waals surface area (Å²) >= 11 is 0. The lowest BCUT2D eigenvalue weighted by atomic mass is 10.0. The Morgan fingerprint density at radius 2 is 2.00 bits per heavy atom. The molecule has 0 aliphatic carbocycles. The molecule has 1 saturated heterocycles. The Balaban J connectivity index is 1.79. The lowest BCUT2D eigenvalue weighted by Crippen LogP contribution is -2.35. The smallest absolute Gasteiger partial charge is 0.274 e. The van der Waals surface area contributed by atoms with Crippen molar-refractivity contribution in [1.29, 1.82) is 0 Å². The third-order valence-corrected chi connectivity index (χ3v) is 4.54. The van der Waals surface area contributed by atoms with E-state index in [9.17, 15) is 4.79 Å². The van der Waals surface area contributed by atoms with Gasteiger partial charge in [-0.1, -0.05) is 25.1 Å². The second-order valence-electron chi connectivity index (χ2n) is 6.66. The van der Waals surface area contributed by atoms with Crippen LogP contribution in [0.4, 0.5) is 11.6 Å². The van der Waals surface area contributed by atoms with Gasteiger partial charge in [-0.05, 0) is 49.8 Å². The molecule has 3 rings (SSSR count). The van der Waals surface area contributed by atoms with E-state index in [-0.39, 0.29) is 5.91 Å². The van der Waals surface area contributed by atoms with E-state index in [1.54, 1.807) is 12.3 Å². The highest BCUT2D eigenvalue weighted by atomic mass is 16.1. The number of carbonyl (C=O) groups is 1. The predicted molar refractivity (Wildman–Crippen MR) is 96.5 cm³/mol. The van der Waals surface area contributed by atoms with Crippen molar-refractivity contribution < 1.29 is 4.79 Å². The molecule has 1 aromatic carbocycles. The second-order valence-corrected chi connectivity index (χ2v) is 6.66. The number of carbonyl (C=O) groups excluding carboxylic acids is 1. The van der Waals surface area contributed by atoms with E-state index in [0.717, 1.165) is 36.3 Å². The molecule has 0 spiro atoms. The maximum absolute atomic E-state index is 12.6. The normalized spacial score (nSPS) is 17.6. The van der Waals surface area contributed by atoms with Crippen LogP contribution in [-0.2, 0) is 0 Å². The highest BCUT2D eigenvalue weighted by Crippen LogP contribution is 2.22. The first-order chi connectivity index (χ1) is 11.5. The maximum atomic E-state index is 12.6. The van der Waals surface area contributed by atoms with E-state index < -0.39 is 0 Å². The molecule has 0 saturated carbocycles. The summed E-state index contributed by atoms with van der Waals surface area (Å²) in [5, 5.41) is 2.99. The minimum Gasteiger partial charge on any atom is -0.341 e. The molecule has 1 aliphatic rings. The summed E-state index contributed by atoms with van der Waals surface area (Å²) in [7, 11) is 0. The van der Waals surface area contributed by atoms with E-state index in [1.165, 1.54) is 6.42 Å². The molecule has 1 unspecified atom stereocenters. The molecule has 0 bridgehead atoms. The number of nitrogens with one attached hydrogen (secondary N) is 1. The van der Waals surface area contributed by atoms with Crippen molar-refractivity contribution in [3.63, 3.8) is 0 Å². The van der Waals surface area contributed by atoms with E-state index in [0.29, 0.717) is 17.6 Å². The molecule has 1 fully saturated rings. The average Bonchev–Trinajstić information content (AvgIpc) is 2.58. The Labute approximate surface area is 143 Å². The molecule has 2 heterocycles. The monoisotopic (exact) mass is 324 g/mol. The van der Waals surface area contributed by atoms with Crippen LogP contribution < -0.4 is 10.2 Å². The lowest BCUT2D eigenvalue weighted by molar-refractivity contribution is 0.102. The van der Waals surface area contributed by atoms with Gasteiger partial charge in [0.05, 0.1) is 0 Å². The zero-order valence-corrected chi connectivity index (χ0v) is 14.5. The third kappa shape index (κ3) is 3.55. The van der Waals surface area contributed by atoms with Crippen molar-refractivity contribution >= 4 is 17.5 Å². The van der Waals surface area contributed by atoms with Gasteiger partial charge in [-0.15, -0.1) is 0 Å². The third-order valence-electron chi connectivity index (χ3n) is 4.54. The minimum absolute atomic E-state index is 0.193. The second kappa shape index (κ2) is 6.99. The Bertz CT molecular complexity index is 724. The zero-order chi connectivity index (χ0) is 17.1. The summed E-state index contributed by atoms with van der Waals surface area (Å²) in [6, 6.07) is 7.63. The van der Waals surface area contributed by atoms with Gasteiger partial charge in [0.1, 0.15) is 5.69 Å². The van der Waals surface area contributed by atoms with Gasteiger partial charge < -0.3 is 10.2 Å². The first-order valence-corrected chi connectivity index (χ1v) is 8.50. The van der Waals surface area contributed by atoms with Crippen LogP contribution in [0.3, 0.4) is 0 Å². The number of anilines is 2. The van der Waals surface area contributed by atoms with E-state index in [4.69, 9.17) is 0 Å². The molecule has 1 amide bonds.